The summed E-state index contributed by atoms with van der Waals surface area (Å²) in [7, 11) is 0. The topological polar surface area (TPSA) is 98.5 Å². The number of non-ortho nitro benzene ring substituents is 1. The molecule has 10 heteroatoms. The summed E-state index contributed by atoms with van der Waals surface area (Å²) in [6.07, 6.45) is 0. The van der Waals surface area contributed by atoms with Gasteiger partial charge in [-0.25, -0.2) is 9.18 Å². The summed E-state index contributed by atoms with van der Waals surface area (Å²) < 4.78 is 19.2. The maximum absolute atomic E-state index is 14.1. The van der Waals surface area contributed by atoms with Crippen molar-refractivity contribution in [1.82, 2.24) is 0 Å². The molecule has 1 amide bonds. The third kappa shape index (κ3) is 4.32. The van der Waals surface area contributed by atoms with Crippen LogP contribution in [0.2, 0.25) is 5.02 Å². The number of nitro benzene ring substituents is 1. The molecule has 0 aliphatic carbocycles. The highest BCUT2D eigenvalue weighted by Gasteiger charge is 2.25. The molecule has 7 nitrogen and oxygen atoms in total. The highest BCUT2D eigenvalue weighted by molar-refractivity contribution is 7.15. The number of anilines is 1. The number of hydrogen-bond donors (Lipinski definition) is 1. The number of carbonyl (C=O) groups excluding carboxylic acids is 2. The molecule has 3 aromatic rings. The maximum Gasteiger partial charge on any atom is 0.341 e. The number of halogens is 2. The monoisotopic (exact) mass is 448 g/mol. The molecule has 0 saturated heterocycles. The largest absolute Gasteiger partial charge is 0.462 e. The molecule has 0 fully saturated rings. The molecule has 0 aliphatic heterocycles. The van der Waals surface area contributed by atoms with Crippen molar-refractivity contribution in [2.45, 2.75) is 6.92 Å². The molecule has 0 bridgehead atoms. The van der Waals surface area contributed by atoms with Crippen LogP contribution in [0.3, 0.4) is 0 Å². The van der Waals surface area contributed by atoms with Crippen molar-refractivity contribution in [1.29, 1.82) is 0 Å². The van der Waals surface area contributed by atoms with Crippen LogP contribution in [0.4, 0.5) is 15.1 Å². The summed E-state index contributed by atoms with van der Waals surface area (Å²) in [5.41, 5.74) is 0.240. The number of ether oxygens (including phenoxy) is 1. The van der Waals surface area contributed by atoms with E-state index in [4.69, 9.17) is 16.3 Å². The second-order valence-corrected chi connectivity index (χ2v) is 7.22. The summed E-state index contributed by atoms with van der Waals surface area (Å²) in [5, 5.41) is 15.2. The van der Waals surface area contributed by atoms with Crippen LogP contribution >= 0.6 is 22.9 Å². The van der Waals surface area contributed by atoms with Crippen LogP contribution in [0.1, 0.15) is 27.6 Å². The molecule has 0 aliphatic rings. The number of benzene rings is 2. The Kier molecular flexibility index (Phi) is 6.43. The molecule has 1 N–H and O–H groups in total. The molecule has 0 unspecified atom stereocenters. The number of nitrogens with one attached hydrogen (secondary N) is 1. The highest BCUT2D eigenvalue weighted by atomic mass is 35.5. The van der Waals surface area contributed by atoms with Gasteiger partial charge in [-0.15, -0.1) is 11.3 Å². The molecular weight excluding hydrogens is 435 g/mol. The number of esters is 1. The fourth-order valence-corrected chi connectivity index (χ4v) is 3.94. The zero-order valence-electron chi connectivity index (χ0n) is 15.5. The van der Waals surface area contributed by atoms with E-state index < -0.39 is 22.6 Å². The van der Waals surface area contributed by atoms with Crippen LogP contribution in [-0.2, 0) is 4.74 Å². The lowest BCUT2D eigenvalue weighted by Gasteiger charge is -2.10. The summed E-state index contributed by atoms with van der Waals surface area (Å²) in [6.45, 7) is 1.70. The number of thiophene rings is 1. The van der Waals surface area contributed by atoms with Crippen molar-refractivity contribution in [3.05, 3.63) is 79.9 Å². The van der Waals surface area contributed by atoms with Gasteiger partial charge in [0.05, 0.1) is 22.1 Å². The normalized spacial score (nSPS) is 10.5. The molecule has 30 heavy (non-hydrogen) atoms. The summed E-state index contributed by atoms with van der Waals surface area (Å²) in [4.78, 5) is 35.7. The minimum atomic E-state index is -0.837. The summed E-state index contributed by atoms with van der Waals surface area (Å²) in [5.74, 6) is -2.38. The number of carbonyl (C=O) groups is 2. The van der Waals surface area contributed by atoms with Gasteiger partial charge in [-0.05, 0) is 24.6 Å². The third-order valence-corrected chi connectivity index (χ3v) is 5.27. The van der Waals surface area contributed by atoms with E-state index in [1.54, 1.807) is 18.4 Å². The van der Waals surface area contributed by atoms with E-state index in [0.717, 1.165) is 17.4 Å². The van der Waals surface area contributed by atoms with Crippen LogP contribution in [0.15, 0.2) is 47.8 Å². The zero-order valence-corrected chi connectivity index (χ0v) is 17.1. The number of nitro groups is 1. The first-order chi connectivity index (χ1) is 14.3. The van der Waals surface area contributed by atoms with Gasteiger partial charge in [0.25, 0.3) is 11.6 Å². The van der Waals surface area contributed by atoms with Gasteiger partial charge >= 0.3 is 5.97 Å². The summed E-state index contributed by atoms with van der Waals surface area (Å²) in [6, 6.07) is 9.54. The minimum Gasteiger partial charge on any atom is -0.462 e. The van der Waals surface area contributed by atoms with Crippen molar-refractivity contribution in [3.8, 4) is 11.1 Å². The SMILES string of the molecule is CCOC(=O)c1c(-c2cccc([N+](=O)[O-])c2)csc1NC(=O)c1c(F)cccc1Cl. The molecule has 154 valence electrons. The predicted octanol–water partition coefficient (Wildman–Crippen LogP) is 5.54. The van der Waals surface area contributed by atoms with Gasteiger partial charge in [0.1, 0.15) is 16.4 Å². The Morgan fingerprint density at radius 2 is 1.97 bits per heavy atom. The lowest BCUT2D eigenvalue weighted by Crippen LogP contribution is -2.16. The van der Waals surface area contributed by atoms with E-state index in [0.29, 0.717) is 11.1 Å². The molecule has 2 aromatic carbocycles. The van der Waals surface area contributed by atoms with Crippen molar-refractivity contribution >= 4 is 45.5 Å². The van der Waals surface area contributed by atoms with Gasteiger partial charge in [-0.3, -0.25) is 14.9 Å². The van der Waals surface area contributed by atoms with E-state index in [1.807, 2.05) is 0 Å². The van der Waals surface area contributed by atoms with Crippen molar-refractivity contribution in [2.75, 3.05) is 11.9 Å². The van der Waals surface area contributed by atoms with Crippen molar-refractivity contribution in [3.63, 3.8) is 0 Å². The standard InChI is InChI=1S/C20H14ClFN2O5S/c1-2-29-20(26)16-13(11-5-3-6-12(9-11)24(27)28)10-30-19(16)23-18(25)17-14(21)7-4-8-15(17)22/h3-10H,2H2,1H3,(H,23,25). The van der Waals surface area contributed by atoms with Gasteiger partial charge < -0.3 is 10.1 Å². The van der Waals surface area contributed by atoms with Crippen LogP contribution in [-0.4, -0.2) is 23.4 Å². The maximum atomic E-state index is 14.1. The van der Waals surface area contributed by atoms with E-state index >= 15 is 0 Å². The number of amides is 1. The first-order valence-electron chi connectivity index (χ1n) is 8.62. The zero-order chi connectivity index (χ0) is 21.8. The average Bonchev–Trinajstić information content (AvgIpc) is 3.11. The molecule has 0 saturated carbocycles. The second-order valence-electron chi connectivity index (χ2n) is 5.93. The van der Waals surface area contributed by atoms with E-state index in [-0.39, 0.29) is 33.4 Å². The Morgan fingerprint density at radius 3 is 2.63 bits per heavy atom. The number of hydrogen-bond acceptors (Lipinski definition) is 6. The van der Waals surface area contributed by atoms with Gasteiger partial charge in [0.15, 0.2) is 0 Å². The average molecular weight is 449 g/mol. The Morgan fingerprint density at radius 1 is 1.23 bits per heavy atom. The van der Waals surface area contributed by atoms with Gasteiger partial charge in [-0.2, -0.15) is 0 Å². The van der Waals surface area contributed by atoms with Gasteiger partial charge in [0, 0.05) is 23.1 Å². The Hall–Kier alpha value is -3.30. The third-order valence-electron chi connectivity index (χ3n) is 4.06. The fourth-order valence-electron chi connectivity index (χ4n) is 2.74. The molecule has 1 heterocycles. The second kappa shape index (κ2) is 9.02. The minimum absolute atomic E-state index is 0.0168. The number of nitrogens with zero attached hydrogens (tertiary/aromatic N) is 1. The van der Waals surface area contributed by atoms with Crippen LogP contribution < -0.4 is 5.32 Å². The number of rotatable bonds is 6. The molecule has 1 aromatic heterocycles. The van der Waals surface area contributed by atoms with Crippen LogP contribution in [0.25, 0.3) is 11.1 Å². The van der Waals surface area contributed by atoms with Gasteiger partial charge in [0.2, 0.25) is 0 Å². The lowest BCUT2D eigenvalue weighted by atomic mass is 10.0. The van der Waals surface area contributed by atoms with Crippen molar-refractivity contribution < 1.29 is 23.6 Å². The summed E-state index contributed by atoms with van der Waals surface area (Å²) >= 11 is 6.94. The fraction of sp³-hybridized carbons (Fsp3) is 0.100. The molecule has 0 spiro atoms. The van der Waals surface area contributed by atoms with Crippen LogP contribution in [0, 0.1) is 15.9 Å². The molecular formula is C20H14ClFN2O5S. The molecule has 0 atom stereocenters. The Bertz CT molecular complexity index is 1130. The lowest BCUT2D eigenvalue weighted by molar-refractivity contribution is -0.384. The quantitative estimate of drug-likeness (QED) is 0.303. The Balaban J connectivity index is 2.06. The first kappa shape index (κ1) is 21.4. The smallest absolute Gasteiger partial charge is 0.341 e. The van der Waals surface area contributed by atoms with E-state index in [2.05, 4.69) is 5.32 Å². The Labute approximate surface area is 179 Å². The van der Waals surface area contributed by atoms with E-state index in [9.17, 15) is 24.1 Å². The van der Waals surface area contributed by atoms with E-state index in [1.165, 1.54) is 30.3 Å². The highest BCUT2D eigenvalue weighted by Crippen LogP contribution is 2.38. The van der Waals surface area contributed by atoms with Gasteiger partial charge in [-0.1, -0.05) is 29.8 Å². The first-order valence-corrected chi connectivity index (χ1v) is 9.88. The predicted molar refractivity (Wildman–Crippen MR) is 112 cm³/mol. The van der Waals surface area contributed by atoms with Crippen molar-refractivity contribution in [2.24, 2.45) is 0 Å². The van der Waals surface area contributed by atoms with Crippen LogP contribution in [0.5, 0.6) is 0 Å². The molecule has 0 radical (unpaired) electrons. The molecule has 3 rings (SSSR count).